The molecular formula is C21H25BrN2O4. The smallest absolute Gasteiger partial charge is 0.252 e. The van der Waals surface area contributed by atoms with E-state index >= 15 is 0 Å². The first kappa shape index (κ1) is 20.6. The van der Waals surface area contributed by atoms with E-state index in [1.165, 1.54) is 0 Å². The number of hydrogen-bond donors (Lipinski definition) is 1. The van der Waals surface area contributed by atoms with Crippen molar-refractivity contribution in [3.63, 3.8) is 0 Å². The topological polar surface area (TPSA) is 60.0 Å². The van der Waals surface area contributed by atoms with Gasteiger partial charge < -0.3 is 19.5 Å². The molecule has 0 radical (unpaired) electrons. The predicted molar refractivity (Wildman–Crippen MR) is 111 cm³/mol. The number of morpholine rings is 1. The number of methoxy groups -OCH3 is 2. The van der Waals surface area contributed by atoms with Crippen LogP contribution in [0.3, 0.4) is 0 Å². The van der Waals surface area contributed by atoms with Crippen molar-refractivity contribution in [3.8, 4) is 11.5 Å². The highest BCUT2D eigenvalue weighted by Gasteiger charge is 2.22. The largest absolute Gasteiger partial charge is 0.495 e. The second-order valence-electron chi connectivity index (χ2n) is 6.54. The second kappa shape index (κ2) is 9.91. The molecule has 2 aromatic carbocycles. The maximum atomic E-state index is 13.0. The number of nitrogens with one attached hydrogen (secondary N) is 1. The SMILES string of the molecule is COc1cc(C(=O)NC(CN2CCOCC2)c2ccccc2)cc(OC)c1Br. The highest BCUT2D eigenvalue weighted by molar-refractivity contribution is 9.10. The zero-order chi connectivity index (χ0) is 19.9. The first-order valence-corrected chi connectivity index (χ1v) is 9.99. The molecule has 3 rings (SSSR count). The highest BCUT2D eigenvalue weighted by Crippen LogP contribution is 2.35. The molecule has 1 heterocycles. The molecule has 1 unspecified atom stereocenters. The summed E-state index contributed by atoms with van der Waals surface area (Å²) in [5.41, 5.74) is 1.55. The lowest BCUT2D eigenvalue weighted by Gasteiger charge is -2.31. The molecule has 1 aliphatic heterocycles. The van der Waals surface area contributed by atoms with E-state index in [0.717, 1.165) is 38.4 Å². The van der Waals surface area contributed by atoms with Gasteiger partial charge in [0.1, 0.15) is 16.0 Å². The fraction of sp³-hybridized carbons (Fsp3) is 0.381. The lowest BCUT2D eigenvalue weighted by molar-refractivity contribution is 0.0332. The van der Waals surface area contributed by atoms with Gasteiger partial charge in [0.15, 0.2) is 0 Å². The Balaban J connectivity index is 1.82. The fourth-order valence-electron chi connectivity index (χ4n) is 3.20. The number of benzene rings is 2. The van der Waals surface area contributed by atoms with Crippen LogP contribution >= 0.6 is 15.9 Å². The summed E-state index contributed by atoms with van der Waals surface area (Å²) in [6.45, 7) is 3.88. The highest BCUT2D eigenvalue weighted by atomic mass is 79.9. The van der Waals surface area contributed by atoms with Gasteiger partial charge >= 0.3 is 0 Å². The molecule has 1 saturated heterocycles. The van der Waals surface area contributed by atoms with E-state index in [4.69, 9.17) is 14.2 Å². The van der Waals surface area contributed by atoms with Crippen LogP contribution in [0.4, 0.5) is 0 Å². The Bertz CT molecular complexity index is 769. The lowest BCUT2D eigenvalue weighted by Crippen LogP contribution is -2.43. The van der Waals surface area contributed by atoms with Gasteiger partial charge in [-0.2, -0.15) is 0 Å². The summed E-state index contributed by atoms with van der Waals surface area (Å²) in [5, 5.41) is 3.17. The standard InChI is InChI=1S/C21H25BrN2O4/c1-26-18-12-16(13-19(27-2)20(18)22)21(25)23-17(15-6-4-3-5-7-15)14-24-8-10-28-11-9-24/h3-7,12-13,17H,8-11,14H2,1-2H3,(H,23,25). The van der Waals surface area contributed by atoms with Crippen LogP contribution in [0.2, 0.25) is 0 Å². The Kier molecular flexibility index (Phi) is 7.30. The number of carbonyl (C=O) groups is 1. The molecule has 2 aromatic rings. The van der Waals surface area contributed by atoms with Crippen molar-refractivity contribution in [2.75, 3.05) is 47.1 Å². The van der Waals surface area contributed by atoms with E-state index in [1.807, 2.05) is 30.3 Å². The average Bonchev–Trinajstić information content (AvgIpc) is 2.74. The molecule has 0 bridgehead atoms. The monoisotopic (exact) mass is 448 g/mol. The van der Waals surface area contributed by atoms with Gasteiger partial charge in [-0.25, -0.2) is 0 Å². The van der Waals surface area contributed by atoms with Crippen LogP contribution in [-0.4, -0.2) is 57.9 Å². The van der Waals surface area contributed by atoms with E-state index in [0.29, 0.717) is 21.5 Å². The minimum atomic E-state index is -0.175. The summed E-state index contributed by atoms with van der Waals surface area (Å²) < 4.78 is 16.8. The number of rotatable bonds is 7. The first-order valence-electron chi connectivity index (χ1n) is 9.19. The summed E-state index contributed by atoms with van der Waals surface area (Å²) >= 11 is 3.44. The summed E-state index contributed by atoms with van der Waals surface area (Å²) in [5.74, 6) is 0.925. The van der Waals surface area contributed by atoms with Crippen LogP contribution in [0.15, 0.2) is 46.9 Å². The molecule has 1 atom stereocenters. The van der Waals surface area contributed by atoms with Crippen LogP contribution < -0.4 is 14.8 Å². The van der Waals surface area contributed by atoms with Gasteiger partial charge in [-0.3, -0.25) is 9.69 Å². The molecule has 0 aromatic heterocycles. The van der Waals surface area contributed by atoms with Crippen LogP contribution in [0.1, 0.15) is 22.0 Å². The molecule has 6 nitrogen and oxygen atoms in total. The lowest BCUT2D eigenvalue weighted by atomic mass is 10.0. The van der Waals surface area contributed by atoms with E-state index in [1.54, 1.807) is 26.4 Å². The molecular weight excluding hydrogens is 424 g/mol. The van der Waals surface area contributed by atoms with Gasteiger partial charge in [0.05, 0.1) is 33.5 Å². The quantitative estimate of drug-likeness (QED) is 0.704. The minimum Gasteiger partial charge on any atom is -0.495 e. The van der Waals surface area contributed by atoms with Gasteiger partial charge in [-0.1, -0.05) is 30.3 Å². The van der Waals surface area contributed by atoms with E-state index < -0.39 is 0 Å². The molecule has 1 amide bonds. The maximum absolute atomic E-state index is 13.0. The Morgan fingerprint density at radius 1 is 1.14 bits per heavy atom. The molecule has 0 spiro atoms. The normalized spacial score (nSPS) is 15.7. The van der Waals surface area contributed by atoms with Gasteiger partial charge in [-0.15, -0.1) is 0 Å². The third-order valence-corrected chi connectivity index (χ3v) is 5.54. The van der Waals surface area contributed by atoms with Crippen LogP contribution in [0.5, 0.6) is 11.5 Å². The van der Waals surface area contributed by atoms with E-state index in [-0.39, 0.29) is 11.9 Å². The van der Waals surface area contributed by atoms with Crippen molar-refractivity contribution in [3.05, 3.63) is 58.1 Å². The zero-order valence-electron chi connectivity index (χ0n) is 16.1. The van der Waals surface area contributed by atoms with Gasteiger partial charge in [0.2, 0.25) is 0 Å². The second-order valence-corrected chi connectivity index (χ2v) is 7.34. The predicted octanol–water partition coefficient (Wildman–Crippen LogP) is 3.27. The molecule has 0 aliphatic carbocycles. The zero-order valence-corrected chi connectivity index (χ0v) is 17.7. The van der Waals surface area contributed by atoms with Crippen molar-refractivity contribution in [1.82, 2.24) is 10.2 Å². The number of carbonyl (C=O) groups excluding carboxylic acids is 1. The van der Waals surface area contributed by atoms with Crippen molar-refractivity contribution >= 4 is 21.8 Å². The van der Waals surface area contributed by atoms with Gasteiger partial charge in [0.25, 0.3) is 5.91 Å². The Hall–Kier alpha value is -2.09. The van der Waals surface area contributed by atoms with Crippen molar-refractivity contribution in [1.29, 1.82) is 0 Å². The molecule has 7 heteroatoms. The van der Waals surface area contributed by atoms with Crippen LogP contribution in [0, 0.1) is 0 Å². The number of ether oxygens (including phenoxy) is 3. The summed E-state index contributed by atoms with van der Waals surface area (Å²) in [4.78, 5) is 15.3. The molecule has 1 N–H and O–H groups in total. The number of nitrogens with zero attached hydrogens (tertiary/aromatic N) is 1. The summed E-state index contributed by atoms with van der Waals surface area (Å²) in [6.07, 6.45) is 0. The molecule has 1 fully saturated rings. The molecule has 1 aliphatic rings. The van der Waals surface area contributed by atoms with Crippen molar-refractivity contribution in [2.45, 2.75) is 6.04 Å². The number of hydrogen-bond acceptors (Lipinski definition) is 5. The van der Waals surface area contributed by atoms with Gasteiger partial charge in [-0.05, 0) is 33.6 Å². The van der Waals surface area contributed by atoms with Gasteiger partial charge in [0, 0.05) is 25.2 Å². The first-order chi connectivity index (χ1) is 13.6. The Morgan fingerprint density at radius 3 is 2.32 bits per heavy atom. The third kappa shape index (κ3) is 5.04. The summed E-state index contributed by atoms with van der Waals surface area (Å²) in [7, 11) is 3.12. The molecule has 0 saturated carbocycles. The fourth-order valence-corrected chi connectivity index (χ4v) is 3.76. The minimum absolute atomic E-state index is 0.132. The maximum Gasteiger partial charge on any atom is 0.252 e. The molecule has 28 heavy (non-hydrogen) atoms. The van der Waals surface area contributed by atoms with Crippen LogP contribution in [-0.2, 0) is 4.74 Å². The Labute approximate surface area is 173 Å². The van der Waals surface area contributed by atoms with E-state index in [9.17, 15) is 4.79 Å². The number of halogens is 1. The Morgan fingerprint density at radius 2 is 1.75 bits per heavy atom. The van der Waals surface area contributed by atoms with Crippen molar-refractivity contribution in [2.24, 2.45) is 0 Å². The average molecular weight is 449 g/mol. The van der Waals surface area contributed by atoms with Crippen LogP contribution in [0.25, 0.3) is 0 Å². The molecule has 150 valence electrons. The van der Waals surface area contributed by atoms with E-state index in [2.05, 4.69) is 26.1 Å². The third-order valence-electron chi connectivity index (χ3n) is 4.76. The number of amides is 1. The summed E-state index contributed by atoms with van der Waals surface area (Å²) in [6, 6.07) is 13.3. The van der Waals surface area contributed by atoms with Crippen molar-refractivity contribution < 1.29 is 19.0 Å².